The predicted octanol–water partition coefficient (Wildman–Crippen LogP) is 3.48. The molecule has 0 N–H and O–H groups in total. The highest BCUT2D eigenvalue weighted by Crippen LogP contribution is 2.41. The molecule has 0 spiro atoms. The highest BCUT2D eigenvalue weighted by Gasteiger charge is 2.41. The lowest BCUT2D eigenvalue weighted by atomic mass is 10.1. The van der Waals surface area contributed by atoms with Crippen LogP contribution in [0.2, 0.25) is 0 Å². The van der Waals surface area contributed by atoms with Crippen LogP contribution in [-0.2, 0) is 6.54 Å². The lowest BCUT2D eigenvalue weighted by Gasteiger charge is -2.29. The van der Waals surface area contributed by atoms with Crippen LogP contribution in [0, 0.1) is 0 Å². The molecule has 8 nitrogen and oxygen atoms in total. The summed E-state index contributed by atoms with van der Waals surface area (Å²) in [5.41, 5.74) is 3.51. The van der Waals surface area contributed by atoms with Gasteiger partial charge in [-0.15, -0.1) is 0 Å². The zero-order valence-electron chi connectivity index (χ0n) is 19.2. The zero-order valence-corrected chi connectivity index (χ0v) is 19.2. The smallest absolute Gasteiger partial charge is 0.257 e. The van der Waals surface area contributed by atoms with Crippen LogP contribution in [0.4, 0.5) is 0 Å². The largest absolute Gasteiger partial charge is 0.493 e. The van der Waals surface area contributed by atoms with Crippen molar-refractivity contribution in [2.75, 3.05) is 41.5 Å². The van der Waals surface area contributed by atoms with Crippen molar-refractivity contribution in [1.29, 1.82) is 0 Å². The standard InChI is InChI=1S/C25H27N3O5/c1-30-20-8-7-16(12-21(20)31-2)15-26-10-11-28-24(26)18-6-5-9-27(18)19-14-23(33-4)22(32-3)13-17(19)25(28)29/h5-9,12-14,24H,10-11,15H2,1-4H3. The number of methoxy groups -OCH3 is 4. The first kappa shape index (κ1) is 21.2. The number of hydrogen-bond donors (Lipinski definition) is 0. The van der Waals surface area contributed by atoms with E-state index in [-0.39, 0.29) is 12.1 Å². The summed E-state index contributed by atoms with van der Waals surface area (Å²) in [6.45, 7) is 2.07. The molecule has 33 heavy (non-hydrogen) atoms. The number of rotatable bonds is 6. The van der Waals surface area contributed by atoms with Gasteiger partial charge in [-0.3, -0.25) is 9.69 Å². The minimum Gasteiger partial charge on any atom is -0.493 e. The molecule has 1 saturated heterocycles. The molecule has 0 bridgehead atoms. The van der Waals surface area contributed by atoms with E-state index in [0.29, 0.717) is 41.7 Å². The fraction of sp³-hybridized carbons (Fsp3) is 0.320. The van der Waals surface area contributed by atoms with Gasteiger partial charge in [-0.05, 0) is 35.9 Å². The van der Waals surface area contributed by atoms with Crippen molar-refractivity contribution < 1.29 is 23.7 Å². The number of amides is 1. The molecule has 0 saturated carbocycles. The maximum Gasteiger partial charge on any atom is 0.257 e. The molecule has 8 heteroatoms. The van der Waals surface area contributed by atoms with Crippen LogP contribution in [0.1, 0.15) is 27.8 Å². The first-order chi connectivity index (χ1) is 16.1. The molecule has 0 aliphatic carbocycles. The van der Waals surface area contributed by atoms with Crippen LogP contribution in [-0.4, -0.2) is 61.8 Å². The molecule has 1 fully saturated rings. The van der Waals surface area contributed by atoms with Gasteiger partial charge >= 0.3 is 0 Å². The van der Waals surface area contributed by atoms with Crippen LogP contribution in [0.15, 0.2) is 48.7 Å². The minimum absolute atomic E-state index is 0.0190. The number of fused-ring (bicyclic) bond motifs is 5. The van der Waals surface area contributed by atoms with Crippen molar-refractivity contribution >= 4 is 5.91 Å². The summed E-state index contributed by atoms with van der Waals surface area (Å²) >= 11 is 0. The van der Waals surface area contributed by atoms with Crippen molar-refractivity contribution in [2.24, 2.45) is 0 Å². The molecule has 1 atom stereocenters. The zero-order chi connectivity index (χ0) is 23.1. The summed E-state index contributed by atoms with van der Waals surface area (Å²) in [7, 11) is 6.44. The molecule has 2 aromatic carbocycles. The first-order valence-corrected chi connectivity index (χ1v) is 10.8. The summed E-state index contributed by atoms with van der Waals surface area (Å²) in [4.78, 5) is 17.9. The van der Waals surface area contributed by atoms with Crippen molar-refractivity contribution in [3.8, 4) is 28.7 Å². The molecule has 2 aliphatic rings. The Morgan fingerprint density at radius 2 is 1.55 bits per heavy atom. The SMILES string of the molecule is COc1ccc(CN2CCN3C(=O)c4cc(OC)c(OC)cc4-n4cccc4C23)cc1OC. The quantitative estimate of drug-likeness (QED) is 0.574. The average molecular weight is 450 g/mol. The van der Waals surface area contributed by atoms with E-state index in [1.54, 1.807) is 34.5 Å². The summed E-state index contributed by atoms with van der Waals surface area (Å²) < 4.78 is 23.9. The van der Waals surface area contributed by atoms with E-state index >= 15 is 0 Å². The van der Waals surface area contributed by atoms with E-state index in [4.69, 9.17) is 18.9 Å². The Labute approximate surface area is 192 Å². The third-order valence-corrected chi connectivity index (χ3v) is 6.40. The fourth-order valence-corrected chi connectivity index (χ4v) is 4.83. The Hall–Kier alpha value is -3.65. The van der Waals surface area contributed by atoms with E-state index in [2.05, 4.69) is 15.5 Å². The van der Waals surface area contributed by atoms with Crippen molar-refractivity contribution in [3.05, 3.63) is 65.5 Å². The maximum absolute atomic E-state index is 13.7. The van der Waals surface area contributed by atoms with Gasteiger partial charge in [0.2, 0.25) is 0 Å². The minimum atomic E-state index is -0.190. The average Bonchev–Trinajstić information content (AvgIpc) is 3.47. The molecule has 172 valence electrons. The van der Waals surface area contributed by atoms with Gasteiger partial charge in [-0.25, -0.2) is 0 Å². The molecule has 3 aromatic rings. The van der Waals surface area contributed by atoms with Gasteiger partial charge in [0.15, 0.2) is 23.0 Å². The number of benzene rings is 2. The Bertz CT molecular complexity index is 1200. The molecular weight excluding hydrogens is 422 g/mol. The number of hydrogen-bond acceptors (Lipinski definition) is 6. The van der Waals surface area contributed by atoms with Gasteiger partial charge in [0.05, 0.1) is 45.4 Å². The molecule has 3 heterocycles. The Morgan fingerprint density at radius 3 is 2.27 bits per heavy atom. The lowest BCUT2D eigenvalue weighted by molar-refractivity contribution is 0.0624. The topological polar surface area (TPSA) is 65.4 Å². The van der Waals surface area contributed by atoms with Gasteiger partial charge < -0.3 is 28.4 Å². The Morgan fingerprint density at radius 1 is 0.848 bits per heavy atom. The van der Waals surface area contributed by atoms with Gasteiger partial charge in [0.25, 0.3) is 5.91 Å². The second kappa shape index (κ2) is 8.37. The molecule has 1 amide bonds. The third-order valence-electron chi connectivity index (χ3n) is 6.40. The van der Waals surface area contributed by atoms with E-state index < -0.39 is 0 Å². The fourth-order valence-electron chi connectivity index (χ4n) is 4.83. The van der Waals surface area contributed by atoms with Crippen LogP contribution in [0.25, 0.3) is 5.69 Å². The first-order valence-electron chi connectivity index (χ1n) is 10.8. The summed E-state index contributed by atoms with van der Waals surface area (Å²) in [5.74, 6) is 2.50. The van der Waals surface area contributed by atoms with Crippen LogP contribution in [0.3, 0.4) is 0 Å². The normalized spacial score (nSPS) is 17.2. The van der Waals surface area contributed by atoms with Gasteiger partial charge in [-0.1, -0.05) is 6.07 Å². The molecule has 5 rings (SSSR count). The second-order valence-electron chi connectivity index (χ2n) is 8.06. The Balaban J connectivity index is 1.55. The predicted molar refractivity (Wildman–Crippen MR) is 123 cm³/mol. The number of carbonyl (C=O) groups is 1. The number of nitrogens with zero attached hydrogens (tertiary/aromatic N) is 3. The van der Waals surface area contributed by atoms with Gasteiger partial charge in [-0.2, -0.15) is 0 Å². The van der Waals surface area contributed by atoms with E-state index in [1.165, 1.54) is 0 Å². The van der Waals surface area contributed by atoms with E-state index in [0.717, 1.165) is 23.5 Å². The maximum atomic E-state index is 13.7. The van der Waals surface area contributed by atoms with Gasteiger partial charge in [0.1, 0.15) is 6.17 Å². The highest BCUT2D eigenvalue weighted by molar-refractivity contribution is 5.99. The molecule has 2 aliphatic heterocycles. The molecule has 1 unspecified atom stereocenters. The summed E-state index contributed by atoms with van der Waals surface area (Å²) in [6, 6.07) is 13.7. The van der Waals surface area contributed by atoms with Crippen LogP contribution < -0.4 is 18.9 Å². The van der Waals surface area contributed by atoms with Crippen molar-refractivity contribution in [3.63, 3.8) is 0 Å². The number of aromatic nitrogens is 1. The van der Waals surface area contributed by atoms with Crippen LogP contribution >= 0.6 is 0 Å². The molecule has 1 aromatic heterocycles. The van der Waals surface area contributed by atoms with E-state index in [9.17, 15) is 4.79 Å². The van der Waals surface area contributed by atoms with Crippen molar-refractivity contribution in [1.82, 2.24) is 14.4 Å². The van der Waals surface area contributed by atoms with Gasteiger partial charge in [0, 0.05) is 31.9 Å². The number of ether oxygens (including phenoxy) is 4. The number of carbonyl (C=O) groups excluding carboxylic acids is 1. The monoisotopic (exact) mass is 449 g/mol. The van der Waals surface area contributed by atoms with Crippen molar-refractivity contribution in [2.45, 2.75) is 12.7 Å². The third kappa shape index (κ3) is 3.38. The highest BCUT2D eigenvalue weighted by atomic mass is 16.5. The molecule has 0 radical (unpaired) electrons. The summed E-state index contributed by atoms with van der Waals surface area (Å²) in [6.07, 6.45) is 1.80. The second-order valence-corrected chi connectivity index (χ2v) is 8.06. The van der Waals surface area contributed by atoms with Crippen LogP contribution in [0.5, 0.6) is 23.0 Å². The van der Waals surface area contributed by atoms with E-state index in [1.807, 2.05) is 41.4 Å². The lowest BCUT2D eigenvalue weighted by Crippen LogP contribution is -2.34. The molecular formula is C25H27N3O5. The Kier molecular flexibility index (Phi) is 5.38. The summed E-state index contributed by atoms with van der Waals surface area (Å²) in [5, 5.41) is 0.